The van der Waals surface area contributed by atoms with Crippen molar-refractivity contribution < 1.29 is 23.5 Å². The van der Waals surface area contributed by atoms with E-state index in [-0.39, 0.29) is 17.9 Å². The van der Waals surface area contributed by atoms with Gasteiger partial charge in [-0.2, -0.15) is 0 Å². The number of benzene rings is 1. The van der Waals surface area contributed by atoms with Gasteiger partial charge in [0.1, 0.15) is 0 Å². The van der Waals surface area contributed by atoms with Crippen molar-refractivity contribution >= 4 is 22.8 Å². The molecule has 2 aromatic rings. The first-order valence-corrected chi connectivity index (χ1v) is 6.64. The molecule has 1 amide bonds. The highest BCUT2D eigenvalue weighted by atomic mass is 19.1. The Balaban J connectivity index is 1.84. The van der Waals surface area contributed by atoms with Gasteiger partial charge in [-0.1, -0.05) is 12.1 Å². The summed E-state index contributed by atoms with van der Waals surface area (Å²) < 4.78 is 18.9. The molecule has 0 aliphatic heterocycles. The highest BCUT2D eigenvalue weighted by Crippen LogP contribution is 2.45. The minimum Gasteiger partial charge on any atom is -0.481 e. The summed E-state index contributed by atoms with van der Waals surface area (Å²) in [4.78, 5) is 23.2. The van der Waals surface area contributed by atoms with Crippen LogP contribution in [0.25, 0.3) is 11.0 Å². The van der Waals surface area contributed by atoms with Crippen molar-refractivity contribution in [3.05, 3.63) is 35.3 Å². The second-order valence-electron chi connectivity index (χ2n) is 5.44. The van der Waals surface area contributed by atoms with Gasteiger partial charge in [-0.3, -0.25) is 9.59 Å². The maximum Gasteiger partial charge on any atom is 0.311 e. The van der Waals surface area contributed by atoms with Gasteiger partial charge in [0.05, 0.1) is 5.41 Å². The number of halogens is 1. The Morgan fingerprint density at radius 3 is 2.71 bits per heavy atom. The maximum atomic E-state index is 13.6. The van der Waals surface area contributed by atoms with Gasteiger partial charge < -0.3 is 14.8 Å². The number of carboxylic acid groups (broad SMARTS) is 1. The Morgan fingerprint density at radius 2 is 2.14 bits per heavy atom. The smallest absolute Gasteiger partial charge is 0.311 e. The molecule has 1 heterocycles. The molecule has 2 N–H and O–H groups in total. The molecule has 0 saturated heterocycles. The van der Waals surface area contributed by atoms with Crippen LogP contribution in [0.3, 0.4) is 0 Å². The molecule has 1 saturated carbocycles. The fourth-order valence-corrected chi connectivity index (χ4v) is 2.37. The summed E-state index contributed by atoms with van der Waals surface area (Å²) in [5.74, 6) is -1.93. The van der Waals surface area contributed by atoms with E-state index in [0.29, 0.717) is 23.8 Å². The third-order valence-electron chi connectivity index (χ3n) is 4.02. The second kappa shape index (κ2) is 4.58. The fourth-order valence-electron chi connectivity index (χ4n) is 2.37. The molecule has 1 fully saturated rings. The summed E-state index contributed by atoms with van der Waals surface area (Å²) >= 11 is 0. The van der Waals surface area contributed by atoms with Crippen LogP contribution >= 0.6 is 0 Å². The van der Waals surface area contributed by atoms with Crippen LogP contribution in [0.5, 0.6) is 0 Å². The van der Waals surface area contributed by atoms with Crippen molar-refractivity contribution in [1.29, 1.82) is 0 Å². The molecule has 1 aliphatic rings. The number of fused-ring (bicyclic) bond motifs is 1. The first-order chi connectivity index (χ1) is 9.94. The van der Waals surface area contributed by atoms with Crippen LogP contribution in [-0.2, 0) is 4.79 Å². The van der Waals surface area contributed by atoms with E-state index in [2.05, 4.69) is 5.32 Å². The largest absolute Gasteiger partial charge is 0.481 e. The molecule has 0 spiro atoms. The summed E-state index contributed by atoms with van der Waals surface area (Å²) in [6, 6.07) is 4.48. The van der Waals surface area contributed by atoms with Crippen LogP contribution in [-0.4, -0.2) is 23.5 Å². The predicted octanol–water partition coefficient (Wildman–Crippen LogP) is 2.47. The maximum absolute atomic E-state index is 13.6. The lowest BCUT2D eigenvalue weighted by atomic mass is 10.1. The number of furan rings is 1. The molecule has 1 aliphatic carbocycles. The van der Waals surface area contributed by atoms with Gasteiger partial charge in [0, 0.05) is 17.5 Å². The van der Waals surface area contributed by atoms with Crippen molar-refractivity contribution in [2.45, 2.75) is 19.8 Å². The monoisotopic (exact) mass is 291 g/mol. The Bertz CT molecular complexity index is 745. The summed E-state index contributed by atoms with van der Waals surface area (Å²) in [6.07, 6.45) is 1.10. The van der Waals surface area contributed by atoms with Gasteiger partial charge >= 0.3 is 5.97 Å². The van der Waals surface area contributed by atoms with E-state index in [0.717, 1.165) is 0 Å². The molecule has 1 aromatic carbocycles. The molecule has 1 aromatic heterocycles. The number of carbonyl (C=O) groups excluding carboxylic acids is 1. The van der Waals surface area contributed by atoms with Crippen molar-refractivity contribution in [3.63, 3.8) is 0 Å². The molecule has 0 radical (unpaired) electrons. The van der Waals surface area contributed by atoms with E-state index in [4.69, 9.17) is 9.52 Å². The third-order valence-corrected chi connectivity index (χ3v) is 4.02. The Morgan fingerprint density at radius 1 is 1.43 bits per heavy atom. The average Bonchev–Trinajstić information content (AvgIpc) is 3.17. The van der Waals surface area contributed by atoms with Crippen molar-refractivity contribution in [2.75, 3.05) is 6.54 Å². The van der Waals surface area contributed by atoms with Gasteiger partial charge in [-0.15, -0.1) is 0 Å². The first kappa shape index (κ1) is 13.6. The molecule has 21 heavy (non-hydrogen) atoms. The predicted molar refractivity (Wildman–Crippen MR) is 72.5 cm³/mol. The van der Waals surface area contributed by atoms with E-state index >= 15 is 0 Å². The van der Waals surface area contributed by atoms with Crippen molar-refractivity contribution in [3.8, 4) is 0 Å². The number of para-hydroxylation sites is 1. The van der Waals surface area contributed by atoms with Crippen molar-refractivity contribution in [1.82, 2.24) is 5.32 Å². The molecule has 5 nitrogen and oxygen atoms in total. The lowest BCUT2D eigenvalue weighted by molar-refractivity contribution is -0.143. The Hall–Kier alpha value is -2.37. The van der Waals surface area contributed by atoms with Crippen molar-refractivity contribution in [2.24, 2.45) is 5.41 Å². The van der Waals surface area contributed by atoms with Crippen LogP contribution in [0.2, 0.25) is 0 Å². The van der Waals surface area contributed by atoms with Gasteiger partial charge in [0.25, 0.3) is 5.91 Å². The van der Waals surface area contributed by atoms with Crippen LogP contribution in [0, 0.1) is 18.2 Å². The quantitative estimate of drug-likeness (QED) is 0.907. The number of aliphatic carboxylic acids is 1. The summed E-state index contributed by atoms with van der Waals surface area (Å²) in [6.45, 7) is 1.73. The number of carbonyl (C=O) groups is 2. The lowest BCUT2D eigenvalue weighted by Crippen LogP contribution is -2.34. The molecule has 0 atom stereocenters. The number of hydrogen-bond acceptors (Lipinski definition) is 3. The fraction of sp³-hybridized carbons (Fsp3) is 0.333. The number of nitrogens with one attached hydrogen (secondary N) is 1. The SMILES string of the molecule is Cc1c(C(=O)NCC2(C(=O)O)CC2)oc2c(F)cccc12. The van der Waals surface area contributed by atoms with E-state index in [1.807, 2.05) is 0 Å². The number of amides is 1. The normalized spacial score (nSPS) is 15.9. The molecule has 110 valence electrons. The number of aryl methyl sites for hydroxylation is 1. The Kier molecular flexibility index (Phi) is 2.97. The van der Waals surface area contributed by atoms with E-state index in [9.17, 15) is 14.0 Å². The molecule has 6 heteroatoms. The summed E-state index contributed by atoms with van der Waals surface area (Å²) in [5, 5.41) is 12.2. The first-order valence-electron chi connectivity index (χ1n) is 6.64. The molecule has 0 unspecified atom stereocenters. The minimum absolute atomic E-state index is 0.0243. The summed E-state index contributed by atoms with van der Waals surface area (Å²) in [5.41, 5.74) is -0.261. The molecular weight excluding hydrogens is 277 g/mol. The van der Waals surface area contributed by atoms with Gasteiger partial charge in [0.15, 0.2) is 17.2 Å². The van der Waals surface area contributed by atoms with E-state index < -0.39 is 23.1 Å². The van der Waals surface area contributed by atoms with Crippen LogP contribution in [0.4, 0.5) is 4.39 Å². The van der Waals surface area contributed by atoms with Crippen LogP contribution in [0.1, 0.15) is 29.0 Å². The van der Waals surface area contributed by atoms with E-state index in [1.54, 1.807) is 19.1 Å². The molecule has 3 rings (SSSR count). The standard InChI is InChI=1S/C15H14FNO4/c1-8-9-3-2-4-10(16)12(9)21-11(8)13(18)17-7-15(5-6-15)14(19)20/h2-4H,5-7H2,1H3,(H,17,18)(H,19,20). The number of hydrogen-bond donors (Lipinski definition) is 2. The molecular formula is C15H14FNO4. The summed E-state index contributed by atoms with van der Waals surface area (Å²) in [7, 11) is 0. The van der Waals surface area contributed by atoms with Gasteiger partial charge in [-0.25, -0.2) is 4.39 Å². The van der Waals surface area contributed by atoms with Gasteiger partial charge in [0.2, 0.25) is 0 Å². The topological polar surface area (TPSA) is 79.5 Å². The number of rotatable bonds is 4. The highest BCUT2D eigenvalue weighted by Gasteiger charge is 2.50. The second-order valence-corrected chi connectivity index (χ2v) is 5.44. The van der Waals surface area contributed by atoms with E-state index in [1.165, 1.54) is 6.07 Å². The van der Waals surface area contributed by atoms with Crippen LogP contribution in [0.15, 0.2) is 22.6 Å². The third kappa shape index (κ3) is 2.16. The minimum atomic E-state index is -0.907. The highest BCUT2D eigenvalue weighted by molar-refractivity contribution is 5.99. The zero-order valence-electron chi connectivity index (χ0n) is 11.4. The Labute approximate surface area is 119 Å². The number of carboxylic acids is 1. The lowest BCUT2D eigenvalue weighted by Gasteiger charge is -2.10. The average molecular weight is 291 g/mol. The van der Waals surface area contributed by atoms with Gasteiger partial charge in [-0.05, 0) is 25.8 Å². The van der Waals surface area contributed by atoms with Crippen LogP contribution < -0.4 is 5.32 Å². The zero-order valence-corrected chi connectivity index (χ0v) is 11.4. The molecule has 0 bridgehead atoms. The zero-order chi connectivity index (χ0) is 15.2.